The highest BCUT2D eigenvalue weighted by Crippen LogP contribution is 2.31. The van der Waals surface area contributed by atoms with Gasteiger partial charge in [-0.25, -0.2) is 9.97 Å². The second-order valence-corrected chi connectivity index (χ2v) is 7.52. The number of amides is 1. The standard InChI is InChI=1S/C16H14BrN3OS2/c1-3-20(13-5-4-12(17)8-18-13)16(21)14-10(2)19-15(23-14)11-6-7-22-9-11/h4-9H,3H2,1-2H3. The highest BCUT2D eigenvalue weighted by Gasteiger charge is 2.23. The Morgan fingerprint density at radius 2 is 2.17 bits per heavy atom. The van der Waals surface area contributed by atoms with Gasteiger partial charge in [0.05, 0.1) is 5.69 Å². The summed E-state index contributed by atoms with van der Waals surface area (Å²) in [5, 5.41) is 4.94. The van der Waals surface area contributed by atoms with E-state index in [0.717, 1.165) is 20.7 Å². The van der Waals surface area contributed by atoms with Crippen LogP contribution in [0.3, 0.4) is 0 Å². The maximum absolute atomic E-state index is 12.9. The van der Waals surface area contributed by atoms with Gasteiger partial charge in [-0.05, 0) is 53.4 Å². The minimum Gasteiger partial charge on any atom is -0.292 e. The lowest BCUT2D eigenvalue weighted by Crippen LogP contribution is -2.31. The van der Waals surface area contributed by atoms with Crippen LogP contribution in [-0.4, -0.2) is 22.4 Å². The van der Waals surface area contributed by atoms with Crippen molar-refractivity contribution in [2.24, 2.45) is 0 Å². The fourth-order valence-electron chi connectivity index (χ4n) is 2.16. The summed E-state index contributed by atoms with van der Waals surface area (Å²) in [5.74, 6) is 0.587. The summed E-state index contributed by atoms with van der Waals surface area (Å²) in [5.41, 5.74) is 1.82. The molecule has 0 N–H and O–H groups in total. The number of carbonyl (C=O) groups excluding carboxylic acids is 1. The van der Waals surface area contributed by atoms with E-state index in [2.05, 4.69) is 25.9 Å². The molecule has 0 saturated heterocycles. The fraction of sp³-hybridized carbons (Fsp3) is 0.188. The van der Waals surface area contributed by atoms with E-state index < -0.39 is 0 Å². The van der Waals surface area contributed by atoms with Gasteiger partial charge in [-0.15, -0.1) is 11.3 Å². The Kier molecular flexibility index (Phi) is 4.89. The second kappa shape index (κ2) is 6.90. The Balaban J connectivity index is 1.94. The monoisotopic (exact) mass is 407 g/mol. The normalized spacial score (nSPS) is 10.7. The lowest BCUT2D eigenvalue weighted by molar-refractivity contribution is 0.0990. The molecule has 3 rings (SSSR count). The SMILES string of the molecule is CCN(C(=O)c1sc(-c2ccsc2)nc1C)c1ccc(Br)cn1. The van der Waals surface area contributed by atoms with Crippen LogP contribution in [0.25, 0.3) is 10.6 Å². The predicted molar refractivity (Wildman–Crippen MR) is 99.5 cm³/mol. The maximum Gasteiger partial charge on any atom is 0.271 e. The summed E-state index contributed by atoms with van der Waals surface area (Å²) in [4.78, 5) is 24.1. The first-order valence-electron chi connectivity index (χ1n) is 7.03. The summed E-state index contributed by atoms with van der Waals surface area (Å²) >= 11 is 6.42. The van der Waals surface area contributed by atoms with Gasteiger partial charge in [-0.2, -0.15) is 11.3 Å². The van der Waals surface area contributed by atoms with Gasteiger partial charge in [-0.1, -0.05) is 0 Å². The summed E-state index contributed by atoms with van der Waals surface area (Å²) in [6.07, 6.45) is 1.70. The number of carbonyl (C=O) groups is 1. The fourth-order valence-corrected chi connectivity index (χ4v) is 4.13. The molecule has 0 bridgehead atoms. The van der Waals surface area contributed by atoms with Crippen LogP contribution in [0.15, 0.2) is 39.6 Å². The molecule has 0 aliphatic heterocycles. The van der Waals surface area contributed by atoms with Gasteiger partial charge in [0.2, 0.25) is 0 Å². The highest BCUT2D eigenvalue weighted by molar-refractivity contribution is 9.10. The molecule has 3 aromatic heterocycles. The summed E-state index contributed by atoms with van der Waals surface area (Å²) < 4.78 is 0.887. The van der Waals surface area contributed by atoms with E-state index in [1.165, 1.54) is 11.3 Å². The van der Waals surface area contributed by atoms with E-state index in [0.29, 0.717) is 17.2 Å². The number of aromatic nitrogens is 2. The number of anilines is 1. The Labute approximate surface area is 151 Å². The number of nitrogens with zero attached hydrogens (tertiary/aromatic N) is 3. The molecule has 1 amide bonds. The smallest absolute Gasteiger partial charge is 0.271 e. The topological polar surface area (TPSA) is 46.1 Å². The molecule has 118 valence electrons. The molecule has 0 aliphatic carbocycles. The molecule has 0 atom stereocenters. The predicted octanol–water partition coefficient (Wildman–Crippen LogP) is 5.00. The van der Waals surface area contributed by atoms with E-state index in [4.69, 9.17) is 0 Å². The van der Waals surface area contributed by atoms with Crippen molar-refractivity contribution in [1.82, 2.24) is 9.97 Å². The number of halogens is 1. The molecule has 7 heteroatoms. The summed E-state index contributed by atoms with van der Waals surface area (Å²) in [6.45, 7) is 4.37. The average molecular weight is 408 g/mol. The molecule has 0 aromatic carbocycles. The third-order valence-electron chi connectivity index (χ3n) is 3.31. The molecule has 0 unspecified atom stereocenters. The van der Waals surface area contributed by atoms with Crippen molar-refractivity contribution in [3.05, 3.63) is 50.2 Å². The number of hydrogen-bond acceptors (Lipinski definition) is 5. The van der Waals surface area contributed by atoms with Crippen molar-refractivity contribution in [3.8, 4) is 10.6 Å². The highest BCUT2D eigenvalue weighted by atomic mass is 79.9. The molecule has 0 radical (unpaired) electrons. The lowest BCUT2D eigenvalue weighted by Gasteiger charge is -2.19. The molecule has 4 nitrogen and oxygen atoms in total. The van der Waals surface area contributed by atoms with Gasteiger partial charge in [-0.3, -0.25) is 9.69 Å². The number of thiophene rings is 1. The Morgan fingerprint density at radius 1 is 1.35 bits per heavy atom. The van der Waals surface area contributed by atoms with E-state index in [1.54, 1.807) is 22.4 Å². The van der Waals surface area contributed by atoms with E-state index in [9.17, 15) is 4.79 Å². The first kappa shape index (κ1) is 16.3. The molecule has 23 heavy (non-hydrogen) atoms. The average Bonchev–Trinajstić information content (AvgIpc) is 3.19. The molecular formula is C16H14BrN3OS2. The summed E-state index contributed by atoms with van der Waals surface area (Å²) in [7, 11) is 0. The molecule has 0 spiro atoms. The first-order chi connectivity index (χ1) is 11.1. The second-order valence-electron chi connectivity index (χ2n) is 4.83. The van der Waals surface area contributed by atoms with Crippen LogP contribution in [0.4, 0.5) is 5.82 Å². The minimum absolute atomic E-state index is 0.0567. The molecule has 0 aliphatic rings. The van der Waals surface area contributed by atoms with Crippen molar-refractivity contribution in [3.63, 3.8) is 0 Å². The third kappa shape index (κ3) is 3.36. The van der Waals surface area contributed by atoms with E-state index in [1.807, 2.05) is 42.8 Å². The van der Waals surface area contributed by atoms with Crippen molar-refractivity contribution in [2.75, 3.05) is 11.4 Å². The van der Waals surface area contributed by atoms with Crippen LogP contribution in [0, 0.1) is 6.92 Å². The minimum atomic E-state index is -0.0567. The zero-order chi connectivity index (χ0) is 16.4. The van der Waals surface area contributed by atoms with Gasteiger partial charge in [0.25, 0.3) is 5.91 Å². The third-order valence-corrected chi connectivity index (χ3v) is 5.66. The number of rotatable bonds is 4. The van der Waals surface area contributed by atoms with Gasteiger partial charge in [0, 0.05) is 28.2 Å². The van der Waals surface area contributed by atoms with Crippen LogP contribution < -0.4 is 4.90 Å². The Hall–Kier alpha value is -1.57. The van der Waals surface area contributed by atoms with Crippen molar-refractivity contribution in [2.45, 2.75) is 13.8 Å². The maximum atomic E-state index is 12.9. The van der Waals surface area contributed by atoms with E-state index >= 15 is 0 Å². The quantitative estimate of drug-likeness (QED) is 0.610. The molecule has 3 aromatic rings. The molecule has 0 saturated carbocycles. The van der Waals surface area contributed by atoms with Crippen molar-refractivity contribution < 1.29 is 4.79 Å². The Bertz CT molecular complexity index is 812. The van der Waals surface area contributed by atoms with Crippen LogP contribution in [0.5, 0.6) is 0 Å². The first-order valence-corrected chi connectivity index (χ1v) is 9.58. The zero-order valence-corrected chi connectivity index (χ0v) is 15.8. The van der Waals surface area contributed by atoms with Crippen molar-refractivity contribution >= 4 is 50.3 Å². The van der Waals surface area contributed by atoms with Gasteiger partial charge < -0.3 is 0 Å². The van der Waals surface area contributed by atoms with Gasteiger partial charge >= 0.3 is 0 Å². The molecular weight excluding hydrogens is 394 g/mol. The number of pyridine rings is 1. The molecule has 3 heterocycles. The van der Waals surface area contributed by atoms with Crippen LogP contribution >= 0.6 is 38.6 Å². The zero-order valence-electron chi connectivity index (χ0n) is 12.6. The van der Waals surface area contributed by atoms with Crippen molar-refractivity contribution in [1.29, 1.82) is 0 Å². The summed E-state index contributed by atoms with van der Waals surface area (Å²) in [6, 6.07) is 5.74. The van der Waals surface area contributed by atoms with Gasteiger partial charge in [0.15, 0.2) is 0 Å². The van der Waals surface area contributed by atoms with Gasteiger partial charge in [0.1, 0.15) is 15.7 Å². The number of aryl methyl sites for hydroxylation is 1. The molecule has 0 fully saturated rings. The number of thiazole rings is 1. The van der Waals surface area contributed by atoms with Crippen LogP contribution in [0.1, 0.15) is 22.3 Å². The largest absolute Gasteiger partial charge is 0.292 e. The Morgan fingerprint density at radius 3 is 2.78 bits per heavy atom. The van der Waals surface area contributed by atoms with Crippen LogP contribution in [-0.2, 0) is 0 Å². The number of hydrogen-bond donors (Lipinski definition) is 0. The van der Waals surface area contributed by atoms with E-state index in [-0.39, 0.29) is 5.91 Å². The van der Waals surface area contributed by atoms with Crippen LogP contribution in [0.2, 0.25) is 0 Å². The lowest BCUT2D eigenvalue weighted by atomic mass is 10.3.